The van der Waals surface area contributed by atoms with Crippen LogP contribution < -0.4 is 4.80 Å². The van der Waals surface area contributed by atoms with E-state index in [-0.39, 0.29) is 5.91 Å². The third-order valence-electron chi connectivity index (χ3n) is 5.19. The van der Waals surface area contributed by atoms with Crippen molar-refractivity contribution in [3.8, 4) is 0 Å². The fourth-order valence-corrected chi connectivity index (χ4v) is 6.15. The van der Waals surface area contributed by atoms with Crippen molar-refractivity contribution in [3.05, 3.63) is 28.1 Å². The van der Waals surface area contributed by atoms with Crippen molar-refractivity contribution < 1.29 is 13.2 Å². The monoisotopic (exact) mass is 441 g/mol. The molecule has 9 heteroatoms. The van der Waals surface area contributed by atoms with Gasteiger partial charge in [-0.15, -0.1) is 0 Å². The molecule has 1 aromatic heterocycles. The minimum Gasteiger partial charge on any atom is -0.316 e. The first-order valence-corrected chi connectivity index (χ1v) is 13.4. The second-order valence-corrected chi connectivity index (χ2v) is 11.2. The van der Waals surface area contributed by atoms with Gasteiger partial charge in [-0.05, 0) is 56.2 Å². The Balaban J connectivity index is 2.07. The van der Waals surface area contributed by atoms with Crippen LogP contribution in [0.2, 0.25) is 0 Å². The zero-order valence-corrected chi connectivity index (χ0v) is 19.2. The summed E-state index contributed by atoms with van der Waals surface area (Å²) < 4.78 is 28.7. The number of piperidine rings is 1. The lowest BCUT2D eigenvalue weighted by molar-refractivity contribution is -0.122. The highest BCUT2D eigenvalue weighted by Crippen LogP contribution is 2.24. The number of nitrogens with zero attached hydrogens (tertiary/aromatic N) is 3. The molecule has 6 nitrogen and oxygen atoms in total. The number of aromatic nitrogens is 1. The highest BCUT2D eigenvalue weighted by molar-refractivity contribution is 7.98. The quantitative estimate of drug-likeness (QED) is 0.715. The van der Waals surface area contributed by atoms with Gasteiger partial charge in [0.05, 0.1) is 16.5 Å². The Bertz CT molecular complexity index is 1050. The van der Waals surface area contributed by atoms with Gasteiger partial charge in [-0.1, -0.05) is 17.8 Å². The van der Waals surface area contributed by atoms with Crippen LogP contribution in [-0.2, 0) is 21.4 Å². The van der Waals surface area contributed by atoms with E-state index < -0.39 is 16.1 Å². The molecule has 0 aliphatic carbocycles. The molecular weight excluding hydrogens is 414 g/mol. The molecule has 0 N–H and O–H groups in total. The summed E-state index contributed by atoms with van der Waals surface area (Å²) in [6.07, 6.45) is 5.38. The van der Waals surface area contributed by atoms with Gasteiger partial charge in [0.25, 0.3) is 5.91 Å². The lowest BCUT2D eigenvalue weighted by Gasteiger charge is -2.31. The molecule has 2 heterocycles. The molecule has 1 amide bonds. The van der Waals surface area contributed by atoms with E-state index >= 15 is 0 Å². The molecule has 1 atom stereocenters. The first kappa shape index (κ1) is 21.5. The number of hydrogen-bond donors (Lipinski definition) is 0. The maximum absolute atomic E-state index is 13.0. The Morgan fingerprint density at radius 1 is 1.29 bits per heavy atom. The molecule has 0 radical (unpaired) electrons. The maximum atomic E-state index is 13.0. The van der Waals surface area contributed by atoms with Crippen LogP contribution >= 0.6 is 23.1 Å². The molecule has 1 saturated heterocycles. The summed E-state index contributed by atoms with van der Waals surface area (Å²) in [6, 6.07) is 3.60. The number of benzene rings is 1. The average Bonchev–Trinajstić information content (AvgIpc) is 2.95. The predicted octanol–water partition coefficient (Wildman–Crippen LogP) is 2.92. The standard InChI is InChI=1S/C19H27N3O3S3/c1-13-11-16-17(12-14(13)2)27-19(21(16)9-10-26-3)20-18(23)15-7-5-6-8-22(15)28(4,24)25/h11-12,15H,5-10H2,1-4H3. The van der Waals surface area contributed by atoms with Gasteiger partial charge in [0.15, 0.2) is 4.80 Å². The van der Waals surface area contributed by atoms with Gasteiger partial charge in [0.2, 0.25) is 10.0 Å². The summed E-state index contributed by atoms with van der Waals surface area (Å²) in [6.45, 7) is 5.31. The summed E-state index contributed by atoms with van der Waals surface area (Å²) in [5.41, 5.74) is 3.49. The van der Waals surface area contributed by atoms with Gasteiger partial charge >= 0.3 is 0 Å². The molecule has 2 aromatic rings. The Kier molecular flexibility index (Phi) is 6.69. The van der Waals surface area contributed by atoms with Crippen molar-refractivity contribution in [1.29, 1.82) is 0 Å². The smallest absolute Gasteiger partial charge is 0.266 e. The average molecular weight is 442 g/mol. The second kappa shape index (κ2) is 8.69. The molecule has 0 spiro atoms. The van der Waals surface area contributed by atoms with E-state index in [9.17, 15) is 13.2 Å². The van der Waals surface area contributed by atoms with Crippen molar-refractivity contribution in [2.75, 3.05) is 24.8 Å². The Hall–Kier alpha value is -1.16. The normalized spacial score (nSPS) is 19.4. The summed E-state index contributed by atoms with van der Waals surface area (Å²) >= 11 is 3.24. The topological polar surface area (TPSA) is 71.7 Å². The number of hydrogen-bond acceptors (Lipinski definition) is 5. The van der Waals surface area contributed by atoms with Crippen LogP contribution in [0.15, 0.2) is 17.1 Å². The molecule has 1 aliphatic rings. The highest BCUT2D eigenvalue weighted by atomic mass is 32.2. The van der Waals surface area contributed by atoms with Gasteiger partial charge in [-0.2, -0.15) is 21.1 Å². The third kappa shape index (κ3) is 4.53. The van der Waals surface area contributed by atoms with Gasteiger partial charge in [-0.25, -0.2) is 8.42 Å². The van der Waals surface area contributed by atoms with Crippen molar-refractivity contribution >= 4 is 49.2 Å². The molecule has 1 unspecified atom stereocenters. The number of rotatable bonds is 5. The molecular formula is C19H27N3O3S3. The first-order valence-electron chi connectivity index (χ1n) is 9.37. The highest BCUT2D eigenvalue weighted by Gasteiger charge is 2.34. The van der Waals surface area contributed by atoms with Crippen molar-refractivity contribution in [2.45, 2.75) is 45.7 Å². The summed E-state index contributed by atoms with van der Waals surface area (Å²) in [4.78, 5) is 18.1. The first-order chi connectivity index (χ1) is 13.2. The number of carbonyl (C=O) groups excluding carboxylic acids is 1. The summed E-state index contributed by atoms with van der Waals surface area (Å²) in [5.74, 6) is 0.557. The number of aryl methyl sites for hydroxylation is 3. The molecule has 28 heavy (non-hydrogen) atoms. The van der Waals surface area contributed by atoms with Crippen molar-refractivity contribution in [1.82, 2.24) is 8.87 Å². The van der Waals surface area contributed by atoms with E-state index in [4.69, 9.17) is 0 Å². The van der Waals surface area contributed by atoms with Crippen molar-refractivity contribution in [3.63, 3.8) is 0 Å². The van der Waals surface area contributed by atoms with E-state index in [1.54, 1.807) is 11.8 Å². The molecule has 154 valence electrons. The van der Waals surface area contributed by atoms with Crippen LogP contribution in [0.3, 0.4) is 0 Å². The predicted molar refractivity (Wildman–Crippen MR) is 117 cm³/mol. The van der Waals surface area contributed by atoms with Gasteiger partial charge < -0.3 is 4.57 Å². The molecule has 3 rings (SSSR count). The maximum Gasteiger partial charge on any atom is 0.266 e. The van der Waals surface area contributed by atoms with Crippen LogP contribution in [0, 0.1) is 13.8 Å². The van der Waals surface area contributed by atoms with Crippen LogP contribution in [0.1, 0.15) is 30.4 Å². The van der Waals surface area contributed by atoms with Crippen LogP contribution in [0.25, 0.3) is 10.2 Å². The molecule has 0 bridgehead atoms. The van der Waals surface area contributed by atoms with E-state index in [2.05, 4.69) is 41.8 Å². The van der Waals surface area contributed by atoms with Crippen molar-refractivity contribution in [2.24, 2.45) is 4.99 Å². The van der Waals surface area contributed by atoms with Crippen LogP contribution in [0.5, 0.6) is 0 Å². The Labute approximate surface area is 174 Å². The number of sulfonamides is 1. The van der Waals surface area contributed by atoms with E-state index in [1.807, 2.05) is 0 Å². The van der Waals surface area contributed by atoms with E-state index in [1.165, 1.54) is 33.0 Å². The number of thiazole rings is 1. The number of thioether (sulfide) groups is 1. The number of amides is 1. The fraction of sp³-hybridized carbons (Fsp3) is 0.579. The number of carbonyl (C=O) groups is 1. The lowest BCUT2D eigenvalue weighted by Crippen LogP contribution is -2.47. The lowest BCUT2D eigenvalue weighted by atomic mass is 10.0. The summed E-state index contributed by atoms with van der Waals surface area (Å²) in [7, 11) is -3.43. The SMILES string of the molecule is CSCCn1c(=NC(=O)C2CCCCN2S(C)(=O)=O)sc2cc(C)c(C)cc21. The van der Waals surface area contributed by atoms with Gasteiger partial charge in [0, 0.05) is 18.8 Å². The fourth-order valence-electron chi connectivity index (χ4n) is 3.52. The van der Waals surface area contributed by atoms with Gasteiger partial charge in [-0.3, -0.25) is 4.79 Å². The largest absolute Gasteiger partial charge is 0.316 e. The summed E-state index contributed by atoms with van der Waals surface area (Å²) in [5, 5.41) is 0. The van der Waals surface area contributed by atoms with Crippen LogP contribution in [-0.4, -0.2) is 54.0 Å². The zero-order valence-electron chi connectivity index (χ0n) is 16.8. The molecule has 1 fully saturated rings. The molecule has 1 aromatic carbocycles. The molecule has 1 aliphatic heterocycles. The minimum atomic E-state index is -3.43. The zero-order chi connectivity index (χ0) is 20.5. The minimum absolute atomic E-state index is 0.358. The van der Waals surface area contributed by atoms with Gasteiger partial charge in [0.1, 0.15) is 6.04 Å². The van der Waals surface area contributed by atoms with E-state index in [0.29, 0.717) is 17.8 Å². The number of fused-ring (bicyclic) bond motifs is 1. The Morgan fingerprint density at radius 2 is 2.00 bits per heavy atom. The Morgan fingerprint density at radius 3 is 2.68 bits per heavy atom. The second-order valence-electron chi connectivity index (χ2n) is 7.27. The molecule has 0 saturated carbocycles. The third-order valence-corrected chi connectivity index (χ3v) is 8.11. The van der Waals surface area contributed by atoms with E-state index in [0.717, 1.165) is 35.4 Å². The van der Waals surface area contributed by atoms with Crippen LogP contribution in [0.4, 0.5) is 0 Å².